The second-order valence-corrected chi connectivity index (χ2v) is 7.62. The Morgan fingerprint density at radius 3 is 2.55 bits per heavy atom. The predicted octanol–water partition coefficient (Wildman–Crippen LogP) is 5.14. The van der Waals surface area contributed by atoms with Crippen LogP contribution in [-0.2, 0) is 4.79 Å². The van der Waals surface area contributed by atoms with Crippen molar-refractivity contribution in [1.29, 1.82) is 0 Å². The molecule has 7 nitrogen and oxygen atoms in total. The lowest BCUT2D eigenvalue weighted by Crippen LogP contribution is -2.25. The Hall–Kier alpha value is -3.26. The summed E-state index contributed by atoms with van der Waals surface area (Å²) in [6.07, 6.45) is 5.77. The van der Waals surface area contributed by atoms with Gasteiger partial charge in [-0.15, -0.1) is 0 Å². The van der Waals surface area contributed by atoms with Gasteiger partial charge in [0.1, 0.15) is 22.9 Å². The van der Waals surface area contributed by atoms with Crippen molar-refractivity contribution in [3.05, 3.63) is 53.8 Å². The van der Waals surface area contributed by atoms with Gasteiger partial charge in [-0.25, -0.2) is 4.39 Å². The third-order valence-electron chi connectivity index (χ3n) is 4.79. The molecule has 0 unspecified atom stereocenters. The molecule has 0 atom stereocenters. The Morgan fingerprint density at radius 1 is 1.24 bits per heavy atom. The molecule has 1 aliphatic rings. The molecule has 0 bridgehead atoms. The number of anilines is 2. The van der Waals surface area contributed by atoms with Gasteiger partial charge in [-0.05, 0) is 56.4 Å². The van der Waals surface area contributed by atoms with E-state index in [9.17, 15) is 14.0 Å². The van der Waals surface area contributed by atoms with Crippen LogP contribution in [0.25, 0.3) is 11.0 Å². The molecule has 2 heterocycles. The number of nitrogens with one attached hydrogen (secondary N) is 2. The highest BCUT2D eigenvalue weighted by atomic mass is 19.1. The van der Waals surface area contributed by atoms with Crippen LogP contribution in [0, 0.1) is 18.7 Å². The van der Waals surface area contributed by atoms with Gasteiger partial charge in [0.15, 0.2) is 0 Å². The number of pyridine rings is 1. The van der Waals surface area contributed by atoms with Gasteiger partial charge in [0.05, 0.1) is 11.1 Å². The second-order valence-electron chi connectivity index (χ2n) is 7.62. The van der Waals surface area contributed by atoms with E-state index in [0.717, 1.165) is 18.4 Å². The van der Waals surface area contributed by atoms with Gasteiger partial charge in [0, 0.05) is 32.0 Å². The first-order valence-electron chi connectivity index (χ1n) is 11.2. The molecule has 3 N–H and O–H groups in total. The van der Waals surface area contributed by atoms with Crippen molar-refractivity contribution in [2.45, 2.75) is 47.0 Å². The number of aryl methyl sites for hydroxylation is 1. The SMILES string of the molecule is CC.CC(=O)CCO.Cc1ccc(Nc2c(C(=O)NCC3CC3)oc3ccncc23)c(F)c1. The minimum Gasteiger partial charge on any atom is -0.448 e. The number of aromatic nitrogens is 1. The summed E-state index contributed by atoms with van der Waals surface area (Å²) in [4.78, 5) is 26.5. The molecule has 33 heavy (non-hydrogen) atoms. The molecule has 0 spiro atoms. The number of amides is 1. The quantitative estimate of drug-likeness (QED) is 0.454. The van der Waals surface area contributed by atoms with Crippen molar-refractivity contribution >= 4 is 34.0 Å². The van der Waals surface area contributed by atoms with Crippen LogP contribution in [0.15, 0.2) is 41.1 Å². The Kier molecular flexibility index (Phi) is 10.00. The van der Waals surface area contributed by atoms with E-state index < -0.39 is 0 Å². The summed E-state index contributed by atoms with van der Waals surface area (Å²) in [6.45, 7) is 7.89. The van der Waals surface area contributed by atoms with E-state index in [1.165, 1.54) is 13.0 Å². The molecule has 4 rings (SSSR count). The van der Waals surface area contributed by atoms with Crippen molar-refractivity contribution < 1.29 is 23.5 Å². The van der Waals surface area contributed by atoms with Gasteiger partial charge >= 0.3 is 0 Å². The smallest absolute Gasteiger partial charge is 0.289 e. The van der Waals surface area contributed by atoms with Crippen LogP contribution in [0.4, 0.5) is 15.8 Å². The molecule has 2 aromatic heterocycles. The van der Waals surface area contributed by atoms with Gasteiger partial charge in [-0.3, -0.25) is 14.6 Å². The Labute approximate surface area is 193 Å². The maximum absolute atomic E-state index is 14.2. The first-order chi connectivity index (χ1) is 15.9. The number of hydrogen-bond donors (Lipinski definition) is 3. The van der Waals surface area contributed by atoms with Crippen LogP contribution < -0.4 is 10.6 Å². The molecular weight excluding hydrogens is 425 g/mol. The van der Waals surface area contributed by atoms with Gasteiger partial charge in [0.2, 0.25) is 5.76 Å². The van der Waals surface area contributed by atoms with Crippen LogP contribution in [0.1, 0.15) is 56.2 Å². The molecule has 0 saturated heterocycles. The Bertz CT molecular complexity index is 1080. The van der Waals surface area contributed by atoms with E-state index in [1.54, 1.807) is 30.6 Å². The Morgan fingerprint density at radius 2 is 1.97 bits per heavy atom. The molecule has 1 fully saturated rings. The maximum Gasteiger partial charge on any atom is 0.289 e. The van der Waals surface area contributed by atoms with Crippen molar-refractivity contribution in [1.82, 2.24) is 10.3 Å². The first-order valence-corrected chi connectivity index (χ1v) is 11.2. The Balaban J connectivity index is 0.000000421. The average molecular weight is 458 g/mol. The number of Topliss-reactive ketones (excluding diaryl/α,β-unsaturated/α-hetero) is 1. The highest BCUT2D eigenvalue weighted by molar-refractivity contribution is 6.07. The monoisotopic (exact) mass is 457 g/mol. The second kappa shape index (κ2) is 12.7. The predicted molar refractivity (Wildman–Crippen MR) is 127 cm³/mol. The fourth-order valence-corrected chi connectivity index (χ4v) is 2.88. The summed E-state index contributed by atoms with van der Waals surface area (Å²) in [5.74, 6) is 0.0442. The molecule has 1 amide bonds. The standard InChI is InChI=1S/C19H18FN3O2.C4H8O2.C2H6/c1-11-2-5-15(14(20)8-11)23-17-13-10-21-7-6-16(13)25-18(17)19(24)22-9-12-3-4-12;1-4(6)2-3-5;1-2/h2,5-8,10,12,23H,3-4,9H2,1H3,(H,22,24);5H,2-3H2,1H3;1-2H3. The van der Waals surface area contributed by atoms with Gasteiger partial charge in [-0.2, -0.15) is 0 Å². The summed E-state index contributed by atoms with van der Waals surface area (Å²) in [6, 6.07) is 6.57. The summed E-state index contributed by atoms with van der Waals surface area (Å²) in [5.41, 5.74) is 2.07. The maximum atomic E-state index is 14.2. The van der Waals surface area contributed by atoms with E-state index in [2.05, 4.69) is 15.6 Å². The third-order valence-corrected chi connectivity index (χ3v) is 4.79. The van der Waals surface area contributed by atoms with Crippen LogP contribution in [0.2, 0.25) is 0 Å². The highest BCUT2D eigenvalue weighted by Crippen LogP contribution is 2.34. The number of carbonyl (C=O) groups excluding carboxylic acids is 2. The number of rotatable bonds is 7. The summed E-state index contributed by atoms with van der Waals surface area (Å²) in [7, 11) is 0. The molecule has 1 aromatic carbocycles. The fourth-order valence-electron chi connectivity index (χ4n) is 2.88. The minimum absolute atomic E-state index is 0.0185. The number of aliphatic hydroxyl groups excluding tert-OH is 1. The number of halogens is 1. The molecule has 1 saturated carbocycles. The topological polar surface area (TPSA) is 104 Å². The average Bonchev–Trinajstić information content (AvgIpc) is 3.56. The number of nitrogens with zero attached hydrogens (tertiary/aromatic N) is 1. The zero-order chi connectivity index (χ0) is 24.4. The van der Waals surface area contributed by atoms with E-state index in [1.807, 2.05) is 20.8 Å². The number of carbonyl (C=O) groups is 2. The summed E-state index contributed by atoms with van der Waals surface area (Å²) >= 11 is 0. The number of ketones is 1. The highest BCUT2D eigenvalue weighted by Gasteiger charge is 2.25. The molecule has 0 aliphatic heterocycles. The largest absolute Gasteiger partial charge is 0.448 e. The number of furan rings is 1. The molecule has 3 aromatic rings. The van der Waals surface area contributed by atoms with Gasteiger partial charge in [0.25, 0.3) is 5.91 Å². The van der Waals surface area contributed by atoms with E-state index >= 15 is 0 Å². The molecule has 1 aliphatic carbocycles. The van der Waals surface area contributed by atoms with Crippen LogP contribution in [-0.4, -0.2) is 34.9 Å². The lowest BCUT2D eigenvalue weighted by molar-refractivity contribution is -0.117. The fraction of sp³-hybridized carbons (Fsp3) is 0.400. The third kappa shape index (κ3) is 7.68. The molecular formula is C25H32FN3O4. The number of benzene rings is 1. The summed E-state index contributed by atoms with van der Waals surface area (Å²) in [5, 5.41) is 14.5. The first kappa shape index (κ1) is 26.0. The van der Waals surface area contributed by atoms with Crippen molar-refractivity contribution in [3.8, 4) is 0 Å². The van der Waals surface area contributed by atoms with Crippen molar-refractivity contribution in [3.63, 3.8) is 0 Å². The number of aliphatic hydroxyl groups is 1. The van der Waals surface area contributed by atoms with Crippen molar-refractivity contribution in [2.75, 3.05) is 18.5 Å². The van der Waals surface area contributed by atoms with Crippen LogP contribution >= 0.6 is 0 Å². The summed E-state index contributed by atoms with van der Waals surface area (Å²) < 4.78 is 19.9. The lowest BCUT2D eigenvalue weighted by atomic mass is 10.2. The van der Waals surface area contributed by atoms with E-state index in [0.29, 0.717) is 35.5 Å². The van der Waals surface area contributed by atoms with Crippen LogP contribution in [0.5, 0.6) is 0 Å². The van der Waals surface area contributed by atoms with Gasteiger partial charge in [-0.1, -0.05) is 19.9 Å². The van der Waals surface area contributed by atoms with Gasteiger partial charge < -0.3 is 20.2 Å². The zero-order valence-corrected chi connectivity index (χ0v) is 19.6. The van der Waals surface area contributed by atoms with Crippen LogP contribution in [0.3, 0.4) is 0 Å². The number of fused-ring (bicyclic) bond motifs is 1. The molecule has 8 heteroatoms. The number of hydrogen-bond acceptors (Lipinski definition) is 6. The van der Waals surface area contributed by atoms with E-state index in [4.69, 9.17) is 9.52 Å². The van der Waals surface area contributed by atoms with E-state index in [-0.39, 0.29) is 35.6 Å². The lowest BCUT2D eigenvalue weighted by Gasteiger charge is -2.09. The normalized spacial score (nSPS) is 12.2. The minimum atomic E-state index is -0.387. The zero-order valence-electron chi connectivity index (χ0n) is 19.6. The van der Waals surface area contributed by atoms with Crippen molar-refractivity contribution in [2.24, 2.45) is 5.92 Å². The molecule has 178 valence electrons. The molecule has 0 radical (unpaired) electrons.